The van der Waals surface area contributed by atoms with Crippen molar-refractivity contribution in [3.8, 4) is 5.75 Å². The number of carbonyl (C=O) groups excluding carboxylic acids is 2. The van der Waals surface area contributed by atoms with E-state index in [-0.39, 0.29) is 35.9 Å². The maximum atomic E-state index is 13.3. The number of carbonyl (C=O) groups is 2. The van der Waals surface area contributed by atoms with E-state index in [0.717, 1.165) is 28.1 Å². The molecular formula is C32H28FNO3. The van der Waals surface area contributed by atoms with Crippen LogP contribution < -0.4 is 9.64 Å². The molecule has 0 aliphatic carbocycles. The number of benzene rings is 4. The van der Waals surface area contributed by atoms with Crippen molar-refractivity contribution in [1.82, 2.24) is 0 Å². The van der Waals surface area contributed by atoms with Crippen molar-refractivity contribution in [1.29, 1.82) is 0 Å². The fourth-order valence-corrected chi connectivity index (χ4v) is 4.77. The van der Waals surface area contributed by atoms with Gasteiger partial charge >= 0.3 is 0 Å². The molecule has 4 nitrogen and oxygen atoms in total. The van der Waals surface area contributed by atoms with Crippen molar-refractivity contribution in [2.75, 3.05) is 4.90 Å². The van der Waals surface area contributed by atoms with Gasteiger partial charge in [0.05, 0.1) is 12.0 Å². The number of Topliss-reactive ketones (excluding diaryl/α,β-unsaturated/α-hetero) is 1. The molecule has 0 saturated carbocycles. The molecule has 1 aliphatic rings. The van der Waals surface area contributed by atoms with E-state index in [4.69, 9.17) is 4.74 Å². The lowest BCUT2D eigenvalue weighted by Crippen LogP contribution is -2.55. The monoisotopic (exact) mass is 493 g/mol. The Labute approximate surface area is 216 Å². The Morgan fingerprint density at radius 2 is 1.54 bits per heavy atom. The van der Waals surface area contributed by atoms with Gasteiger partial charge in [0, 0.05) is 17.7 Å². The van der Waals surface area contributed by atoms with Gasteiger partial charge in [-0.15, -0.1) is 0 Å². The van der Waals surface area contributed by atoms with E-state index in [0.29, 0.717) is 18.6 Å². The number of anilines is 1. The predicted molar refractivity (Wildman–Crippen MR) is 142 cm³/mol. The van der Waals surface area contributed by atoms with Crippen molar-refractivity contribution >= 4 is 17.4 Å². The van der Waals surface area contributed by atoms with Crippen LogP contribution in [0.15, 0.2) is 103 Å². The Hall–Kier alpha value is -4.25. The number of nitrogens with zero attached hydrogens (tertiary/aromatic N) is 1. The molecule has 0 N–H and O–H groups in total. The second-order valence-electron chi connectivity index (χ2n) is 9.41. The number of amides is 1. The molecule has 5 rings (SSSR count). The quantitative estimate of drug-likeness (QED) is 0.185. The van der Waals surface area contributed by atoms with Crippen LogP contribution in [-0.2, 0) is 11.4 Å². The fraction of sp³-hybridized carbons (Fsp3) is 0.188. The van der Waals surface area contributed by atoms with E-state index in [1.54, 1.807) is 0 Å². The van der Waals surface area contributed by atoms with E-state index in [1.165, 1.54) is 24.3 Å². The SMILES string of the molecule is Cc1ccc(N2C(=O)C(CCC(=O)c3ccc(F)cc3)C2c2ccc(OCc3ccccc3)cc2)cc1. The van der Waals surface area contributed by atoms with Crippen LogP contribution in [0.4, 0.5) is 10.1 Å². The zero-order valence-corrected chi connectivity index (χ0v) is 20.6. The van der Waals surface area contributed by atoms with Crippen molar-refractivity contribution in [2.45, 2.75) is 32.4 Å². The molecule has 5 heteroatoms. The van der Waals surface area contributed by atoms with E-state index in [9.17, 15) is 14.0 Å². The summed E-state index contributed by atoms with van der Waals surface area (Å²) in [7, 11) is 0. The summed E-state index contributed by atoms with van der Waals surface area (Å²) >= 11 is 0. The second-order valence-corrected chi connectivity index (χ2v) is 9.41. The molecule has 4 aromatic carbocycles. The maximum absolute atomic E-state index is 13.3. The highest BCUT2D eigenvalue weighted by Crippen LogP contribution is 2.46. The number of ketones is 1. The van der Waals surface area contributed by atoms with Crippen LogP contribution in [0, 0.1) is 18.7 Å². The van der Waals surface area contributed by atoms with Crippen molar-refractivity contribution < 1.29 is 18.7 Å². The van der Waals surface area contributed by atoms with Crippen LogP contribution >= 0.6 is 0 Å². The molecule has 0 aromatic heterocycles. The van der Waals surface area contributed by atoms with Crippen LogP contribution in [0.2, 0.25) is 0 Å². The molecule has 2 atom stereocenters. The largest absolute Gasteiger partial charge is 0.489 e. The topological polar surface area (TPSA) is 46.6 Å². The van der Waals surface area contributed by atoms with Gasteiger partial charge in [0.2, 0.25) is 5.91 Å². The molecule has 1 saturated heterocycles. The predicted octanol–water partition coefficient (Wildman–Crippen LogP) is 7.08. The molecule has 1 fully saturated rings. The Balaban J connectivity index is 1.33. The smallest absolute Gasteiger partial charge is 0.233 e. The minimum Gasteiger partial charge on any atom is -0.489 e. The third-order valence-electron chi connectivity index (χ3n) is 6.84. The summed E-state index contributed by atoms with van der Waals surface area (Å²) in [4.78, 5) is 27.8. The molecule has 1 heterocycles. The third-order valence-corrected chi connectivity index (χ3v) is 6.84. The first-order valence-electron chi connectivity index (χ1n) is 12.4. The van der Waals surface area contributed by atoms with Crippen LogP contribution in [0.25, 0.3) is 0 Å². The average Bonchev–Trinajstić information content (AvgIpc) is 2.93. The molecule has 1 aliphatic heterocycles. The Kier molecular flexibility index (Phi) is 7.13. The van der Waals surface area contributed by atoms with Crippen molar-refractivity contribution in [3.05, 3.63) is 131 Å². The summed E-state index contributed by atoms with van der Waals surface area (Å²) in [5.74, 6) is -0.0316. The molecule has 186 valence electrons. The van der Waals surface area contributed by atoms with Crippen LogP contribution in [0.1, 0.15) is 45.9 Å². The van der Waals surface area contributed by atoms with Gasteiger partial charge in [0.1, 0.15) is 18.2 Å². The number of β-lactam (4-membered cyclic amide) rings is 1. The molecule has 37 heavy (non-hydrogen) atoms. The third kappa shape index (κ3) is 5.46. The minimum absolute atomic E-state index is 0.00478. The number of hydrogen-bond acceptors (Lipinski definition) is 3. The average molecular weight is 494 g/mol. The van der Waals surface area contributed by atoms with Gasteiger partial charge in [-0.2, -0.15) is 0 Å². The molecule has 4 aromatic rings. The maximum Gasteiger partial charge on any atom is 0.233 e. The lowest BCUT2D eigenvalue weighted by molar-refractivity contribution is -0.130. The Morgan fingerprint density at radius 1 is 0.865 bits per heavy atom. The zero-order chi connectivity index (χ0) is 25.8. The van der Waals surface area contributed by atoms with Gasteiger partial charge in [-0.05, 0) is 73.0 Å². The summed E-state index contributed by atoms with van der Waals surface area (Å²) in [5.41, 5.74) is 4.50. The van der Waals surface area contributed by atoms with E-state index in [1.807, 2.05) is 90.7 Å². The van der Waals surface area contributed by atoms with Crippen molar-refractivity contribution in [3.63, 3.8) is 0 Å². The Bertz CT molecular complexity index is 1370. The molecule has 0 spiro atoms. The number of ether oxygens (including phenoxy) is 1. The highest BCUT2D eigenvalue weighted by Gasteiger charge is 2.48. The molecule has 1 amide bonds. The lowest BCUT2D eigenvalue weighted by Gasteiger charge is -2.47. The highest BCUT2D eigenvalue weighted by molar-refractivity contribution is 6.04. The number of aryl methyl sites for hydroxylation is 1. The van der Waals surface area contributed by atoms with Gasteiger partial charge < -0.3 is 9.64 Å². The summed E-state index contributed by atoms with van der Waals surface area (Å²) < 4.78 is 19.2. The summed E-state index contributed by atoms with van der Waals surface area (Å²) in [6, 6.07) is 31.1. The summed E-state index contributed by atoms with van der Waals surface area (Å²) in [6.45, 7) is 2.49. The first-order valence-corrected chi connectivity index (χ1v) is 12.4. The van der Waals surface area contributed by atoms with Gasteiger partial charge in [0.15, 0.2) is 5.78 Å². The molecule has 0 bridgehead atoms. The van der Waals surface area contributed by atoms with Gasteiger partial charge in [-0.25, -0.2) is 4.39 Å². The number of hydrogen-bond donors (Lipinski definition) is 0. The van der Waals surface area contributed by atoms with Crippen LogP contribution in [0.3, 0.4) is 0 Å². The van der Waals surface area contributed by atoms with E-state index in [2.05, 4.69) is 0 Å². The van der Waals surface area contributed by atoms with E-state index < -0.39 is 0 Å². The summed E-state index contributed by atoms with van der Waals surface area (Å²) in [6.07, 6.45) is 0.646. The highest BCUT2D eigenvalue weighted by atomic mass is 19.1. The van der Waals surface area contributed by atoms with Gasteiger partial charge in [-0.3, -0.25) is 9.59 Å². The second kappa shape index (κ2) is 10.8. The first-order chi connectivity index (χ1) is 18.0. The number of rotatable bonds is 9. The zero-order valence-electron chi connectivity index (χ0n) is 20.6. The molecule has 0 radical (unpaired) electrons. The van der Waals surface area contributed by atoms with Crippen molar-refractivity contribution in [2.24, 2.45) is 5.92 Å². The lowest BCUT2D eigenvalue weighted by atomic mass is 9.78. The van der Waals surface area contributed by atoms with Crippen LogP contribution in [-0.4, -0.2) is 11.7 Å². The molecule has 2 unspecified atom stereocenters. The standard InChI is InChI=1S/C32H28FNO3/c1-22-7-15-27(16-8-22)34-31(25-11-17-28(18-12-25)37-21-23-5-3-2-4-6-23)29(32(34)36)19-20-30(35)24-9-13-26(33)14-10-24/h2-18,29,31H,19-21H2,1H3. The fourth-order valence-electron chi connectivity index (χ4n) is 4.77. The minimum atomic E-state index is -0.379. The molecular weight excluding hydrogens is 465 g/mol. The van der Waals surface area contributed by atoms with Crippen LogP contribution in [0.5, 0.6) is 5.75 Å². The Morgan fingerprint density at radius 3 is 2.22 bits per heavy atom. The summed E-state index contributed by atoms with van der Waals surface area (Å²) in [5, 5.41) is 0. The van der Waals surface area contributed by atoms with Gasteiger partial charge in [0.25, 0.3) is 0 Å². The normalized spacial score (nSPS) is 16.8. The first kappa shape index (κ1) is 24.4. The van der Waals surface area contributed by atoms with E-state index >= 15 is 0 Å². The van der Waals surface area contributed by atoms with Gasteiger partial charge in [-0.1, -0.05) is 60.2 Å². The number of halogens is 1.